The summed E-state index contributed by atoms with van der Waals surface area (Å²) >= 11 is 0. The lowest BCUT2D eigenvalue weighted by molar-refractivity contribution is 0.0856. The number of nitrogens with zero attached hydrogens (tertiary/aromatic N) is 2. The van der Waals surface area contributed by atoms with Gasteiger partial charge in [-0.25, -0.2) is 9.97 Å². The van der Waals surface area contributed by atoms with E-state index >= 15 is 0 Å². The van der Waals surface area contributed by atoms with Crippen LogP contribution in [0.1, 0.15) is 49.5 Å². The van der Waals surface area contributed by atoms with Gasteiger partial charge >= 0.3 is 0 Å². The van der Waals surface area contributed by atoms with Crippen LogP contribution in [0.4, 0.5) is 0 Å². The molecule has 1 aliphatic rings. The number of methoxy groups -OCH3 is 1. The maximum Gasteiger partial charge on any atom is 0.216 e. The fourth-order valence-corrected chi connectivity index (χ4v) is 2.69. The second kappa shape index (κ2) is 5.94. The Morgan fingerprint density at radius 2 is 2.28 bits per heavy atom. The molecule has 0 aliphatic heterocycles. The van der Waals surface area contributed by atoms with E-state index in [1.807, 2.05) is 0 Å². The van der Waals surface area contributed by atoms with Gasteiger partial charge in [0.15, 0.2) is 5.78 Å². The average Bonchev–Trinajstić information content (AvgIpc) is 2.46. The summed E-state index contributed by atoms with van der Waals surface area (Å²) in [6, 6.07) is 1.64. The molecule has 1 fully saturated rings. The summed E-state index contributed by atoms with van der Waals surface area (Å²) in [6.45, 7) is 2.20. The smallest absolute Gasteiger partial charge is 0.216 e. The van der Waals surface area contributed by atoms with Crippen LogP contribution in [0.5, 0.6) is 5.88 Å². The summed E-state index contributed by atoms with van der Waals surface area (Å²) in [4.78, 5) is 20.4. The SMILES string of the molecule is CCC1CCCC(C(=O)c2cc(OC)ncn2)C1. The van der Waals surface area contributed by atoms with Crippen molar-refractivity contribution in [2.75, 3.05) is 7.11 Å². The first-order chi connectivity index (χ1) is 8.74. The summed E-state index contributed by atoms with van der Waals surface area (Å²) in [5.74, 6) is 1.42. The molecular formula is C14H20N2O2. The Hall–Kier alpha value is -1.45. The maximum absolute atomic E-state index is 12.4. The van der Waals surface area contributed by atoms with E-state index in [2.05, 4.69) is 16.9 Å². The molecule has 0 N–H and O–H groups in total. The van der Waals surface area contributed by atoms with Gasteiger partial charge in [-0.2, -0.15) is 0 Å². The van der Waals surface area contributed by atoms with Crippen molar-refractivity contribution < 1.29 is 9.53 Å². The van der Waals surface area contributed by atoms with E-state index in [9.17, 15) is 4.79 Å². The van der Waals surface area contributed by atoms with Crippen LogP contribution >= 0.6 is 0 Å². The summed E-state index contributed by atoms with van der Waals surface area (Å²) in [6.07, 6.45) is 6.96. The van der Waals surface area contributed by atoms with Crippen LogP contribution in [0.2, 0.25) is 0 Å². The largest absolute Gasteiger partial charge is 0.481 e. The highest BCUT2D eigenvalue weighted by Gasteiger charge is 2.28. The first-order valence-corrected chi connectivity index (χ1v) is 6.64. The minimum absolute atomic E-state index is 0.128. The van der Waals surface area contributed by atoms with Gasteiger partial charge in [0, 0.05) is 12.0 Å². The van der Waals surface area contributed by atoms with Gasteiger partial charge in [0.1, 0.15) is 12.0 Å². The van der Waals surface area contributed by atoms with Crippen LogP contribution in [-0.2, 0) is 0 Å². The lowest BCUT2D eigenvalue weighted by Crippen LogP contribution is -2.23. The Kier molecular flexibility index (Phi) is 4.28. The third-order valence-corrected chi connectivity index (χ3v) is 3.83. The van der Waals surface area contributed by atoms with Crippen molar-refractivity contribution >= 4 is 5.78 Å². The number of Topliss-reactive ketones (excluding diaryl/α,β-unsaturated/α-hetero) is 1. The van der Waals surface area contributed by atoms with Gasteiger partial charge in [0.2, 0.25) is 5.88 Å². The van der Waals surface area contributed by atoms with Crippen molar-refractivity contribution in [1.82, 2.24) is 9.97 Å². The minimum atomic E-state index is 0.128. The molecule has 2 unspecified atom stereocenters. The predicted molar refractivity (Wildman–Crippen MR) is 68.7 cm³/mol. The molecule has 98 valence electrons. The van der Waals surface area contributed by atoms with Crippen LogP contribution in [0.3, 0.4) is 0 Å². The van der Waals surface area contributed by atoms with Gasteiger partial charge in [0.05, 0.1) is 7.11 Å². The van der Waals surface area contributed by atoms with Crippen molar-refractivity contribution in [3.05, 3.63) is 18.1 Å². The fraction of sp³-hybridized carbons (Fsp3) is 0.643. The topological polar surface area (TPSA) is 52.1 Å². The van der Waals surface area contributed by atoms with Gasteiger partial charge in [-0.3, -0.25) is 4.79 Å². The number of carbonyl (C=O) groups is 1. The standard InChI is InChI=1S/C14H20N2O2/c1-3-10-5-4-6-11(7-10)14(17)12-8-13(18-2)16-9-15-12/h8-11H,3-7H2,1-2H3. The van der Waals surface area contributed by atoms with Crippen molar-refractivity contribution in [3.8, 4) is 5.88 Å². The summed E-state index contributed by atoms with van der Waals surface area (Å²) < 4.78 is 5.03. The van der Waals surface area contributed by atoms with Crippen LogP contribution in [0.15, 0.2) is 12.4 Å². The Morgan fingerprint density at radius 3 is 3.00 bits per heavy atom. The minimum Gasteiger partial charge on any atom is -0.481 e. The molecule has 2 rings (SSSR count). The van der Waals surface area contributed by atoms with Crippen LogP contribution in [-0.4, -0.2) is 22.9 Å². The number of ether oxygens (including phenoxy) is 1. The van der Waals surface area contributed by atoms with E-state index in [0.29, 0.717) is 17.5 Å². The molecule has 18 heavy (non-hydrogen) atoms. The highest BCUT2D eigenvalue weighted by molar-refractivity contribution is 5.96. The lowest BCUT2D eigenvalue weighted by Gasteiger charge is -2.27. The molecule has 0 bridgehead atoms. The Morgan fingerprint density at radius 1 is 1.44 bits per heavy atom. The molecule has 1 aliphatic carbocycles. The van der Waals surface area contributed by atoms with Gasteiger partial charge in [-0.1, -0.05) is 26.2 Å². The molecular weight excluding hydrogens is 228 g/mol. The van der Waals surface area contributed by atoms with Crippen molar-refractivity contribution in [2.45, 2.75) is 39.0 Å². The van der Waals surface area contributed by atoms with Crippen molar-refractivity contribution in [1.29, 1.82) is 0 Å². The van der Waals surface area contributed by atoms with E-state index in [-0.39, 0.29) is 11.7 Å². The molecule has 4 heteroatoms. The monoisotopic (exact) mass is 248 g/mol. The van der Waals surface area contributed by atoms with Crippen LogP contribution < -0.4 is 4.74 Å². The number of ketones is 1. The van der Waals surface area contributed by atoms with E-state index in [1.54, 1.807) is 13.2 Å². The number of hydrogen-bond acceptors (Lipinski definition) is 4. The second-order valence-electron chi connectivity index (χ2n) is 4.95. The molecule has 0 aromatic carbocycles. The van der Waals surface area contributed by atoms with Gasteiger partial charge in [-0.05, 0) is 18.8 Å². The van der Waals surface area contributed by atoms with Crippen molar-refractivity contribution in [2.24, 2.45) is 11.8 Å². The normalized spacial score (nSPS) is 23.7. The number of hydrogen-bond donors (Lipinski definition) is 0. The van der Waals surface area contributed by atoms with Crippen LogP contribution in [0.25, 0.3) is 0 Å². The highest BCUT2D eigenvalue weighted by atomic mass is 16.5. The molecule has 0 saturated heterocycles. The Bertz CT molecular complexity index is 420. The Labute approximate surface area is 108 Å². The summed E-state index contributed by atoms with van der Waals surface area (Å²) in [5.41, 5.74) is 0.489. The molecule has 0 radical (unpaired) electrons. The quantitative estimate of drug-likeness (QED) is 0.769. The molecule has 2 atom stereocenters. The van der Waals surface area contributed by atoms with E-state index in [1.165, 1.54) is 12.7 Å². The third-order valence-electron chi connectivity index (χ3n) is 3.83. The van der Waals surface area contributed by atoms with Gasteiger partial charge in [-0.15, -0.1) is 0 Å². The van der Waals surface area contributed by atoms with E-state index < -0.39 is 0 Å². The number of carbonyl (C=O) groups excluding carboxylic acids is 1. The third kappa shape index (κ3) is 2.86. The molecule has 4 nitrogen and oxygen atoms in total. The number of aromatic nitrogens is 2. The zero-order valence-corrected chi connectivity index (χ0v) is 11.1. The molecule has 1 heterocycles. The molecule has 0 amide bonds. The fourth-order valence-electron chi connectivity index (χ4n) is 2.69. The van der Waals surface area contributed by atoms with E-state index in [4.69, 9.17) is 4.74 Å². The zero-order chi connectivity index (χ0) is 13.0. The molecule has 1 aromatic rings. The predicted octanol–water partition coefficient (Wildman–Crippen LogP) is 2.88. The van der Waals surface area contributed by atoms with E-state index in [0.717, 1.165) is 25.7 Å². The van der Waals surface area contributed by atoms with Gasteiger partial charge in [0.25, 0.3) is 0 Å². The van der Waals surface area contributed by atoms with Crippen molar-refractivity contribution in [3.63, 3.8) is 0 Å². The molecule has 1 saturated carbocycles. The maximum atomic E-state index is 12.4. The number of rotatable bonds is 4. The molecule has 0 spiro atoms. The highest BCUT2D eigenvalue weighted by Crippen LogP contribution is 2.32. The van der Waals surface area contributed by atoms with Gasteiger partial charge < -0.3 is 4.74 Å². The molecule has 1 aromatic heterocycles. The second-order valence-corrected chi connectivity index (χ2v) is 4.95. The van der Waals surface area contributed by atoms with Crippen LogP contribution in [0, 0.1) is 11.8 Å². The average molecular weight is 248 g/mol. The Balaban J connectivity index is 2.10. The lowest BCUT2D eigenvalue weighted by atomic mass is 9.78. The first-order valence-electron chi connectivity index (χ1n) is 6.64. The summed E-state index contributed by atoms with van der Waals surface area (Å²) in [7, 11) is 1.55. The first kappa shape index (κ1) is 13.0. The summed E-state index contributed by atoms with van der Waals surface area (Å²) in [5, 5.41) is 0. The zero-order valence-electron chi connectivity index (χ0n) is 11.1.